The first-order chi connectivity index (χ1) is 8.83. The molecule has 0 saturated carbocycles. The lowest BCUT2D eigenvalue weighted by atomic mass is 10.1. The summed E-state index contributed by atoms with van der Waals surface area (Å²) in [5.74, 6) is 0.911. The zero-order valence-corrected chi connectivity index (χ0v) is 12.2. The molecule has 1 aliphatic rings. The summed E-state index contributed by atoms with van der Waals surface area (Å²) in [7, 11) is 0. The van der Waals surface area contributed by atoms with E-state index in [1.807, 2.05) is 25.1 Å². The third-order valence-corrected chi connectivity index (χ3v) is 3.36. The molecular formula is C15H21ClNO2-. The molecule has 0 atom stereocenters. The Hall–Kier alpha value is -1.06. The average molecular weight is 283 g/mol. The van der Waals surface area contributed by atoms with Gasteiger partial charge in [-0.1, -0.05) is 6.42 Å². The maximum absolute atomic E-state index is 10.9. The van der Waals surface area contributed by atoms with Gasteiger partial charge in [-0.15, -0.1) is 0 Å². The summed E-state index contributed by atoms with van der Waals surface area (Å²) >= 11 is 0. The number of carbonyl (C=O) groups excluding carboxylic acids is 1. The van der Waals surface area contributed by atoms with Crippen LogP contribution in [0.15, 0.2) is 18.2 Å². The van der Waals surface area contributed by atoms with Crippen molar-refractivity contribution in [2.45, 2.75) is 32.7 Å². The Kier molecular flexibility index (Phi) is 6.89. The number of halogens is 1. The lowest BCUT2D eigenvalue weighted by Gasteiger charge is -2.27. The molecule has 1 saturated heterocycles. The molecule has 0 amide bonds. The molecule has 2 rings (SSSR count). The second-order valence-electron chi connectivity index (χ2n) is 4.75. The molecule has 0 N–H and O–H groups in total. The van der Waals surface area contributed by atoms with Crippen molar-refractivity contribution < 1.29 is 21.9 Å². The fraction of sp³-hybridized carbons (Fsp3) is 0.533. The first-order valence-electron chi connectivity index (χ1n) is 6.76. The molecule has 0 bridgehead atoms. The van der Waals surface area contributed by atoms with E-state index in [-0.39, 0.29) is 12.4 Å². The van der Waals surface area contributed by atoms with Crippen LogP contribution in [0.2, 0.25) is 0 Å². The average Bonchev–Trinajstić information content (AvgIpc) is 2.42. The largest absolute Gasteiger partial charge is 1.00 e. The summed E-state index contributed by atoms with van der Waals surface area (Å²) in [5.41, 5.74) is 1.86. The molecule has 3 nitrogen and oxygen atoms in total. The van der Waals surface area contributed by atoms with E-state index in [9.17, 15) is 4.79 Å². The lowest BCUT2D eigenvalue weighted by molar-refractivity contribution is -0.0000107. The van der Waals surface area contributed by atoms with Crippen LogP contribution in [0.1, 0.15) is 42.1 Å². The van der Waals surface area contributed by atoms with Crippen LogP contribution in [0.5, 0.6) is 5.75 Å². The van der Waals surface area contributed by atoms with Gasteiger partial charge in [0, 0.05) is 17.7 Å². The van der Waals surface area contributed by atoms with Gasteiger partial charge in [0.15, 0.2) is 0 Å². The topological polar surface area (TPSA) is 29.5 Å². The highest BCUT2D eigenvalue weighted by atomic mass is 35.5. The summed E-state index contributed by atoms with van der Waals surface area (Å²) in [5, 5.41) is 0. The number of nitrogens with zero attached hydrogens (tertiary/aromatic N) is 1. The zero-order valence-electron chi connectivity index (χ0n) is 11.4. The smallest absolute Gasteiger partial charge is 0.150 e. The van der Waals surface area contributed by atoms with E-state index in [1.165, 1.54) is 19.3 Å². The summed E-state index contributed by atoms with van der Waals surface area (Å²) < 4.78 is 5.64. The molecule has 1 aromatic rings. The van der Waals surface area contributed by atoms with Gasteiger partial charge in [0.25, 0.3) is 0 Å². The molecule has 0 aliphatic carbocycles. The molecule has 1 fully saturated rings. The van der Waals surface area contributed by atoms with Gasteiger partial charge in [-0.25, -0.2) is 0 Å². The Bertz CT molecular complexity index is 403. The van der Waals surface area contributed by atoms with Crippen molar-refractivity contribution in [1.82, 2.24) is 4.90 Å². The van der Waals surface area contributed by atoms with Crippen molar-refractivity contribution in [3.63, 3.8) is 0 Å². The zero-order chi connectivity index (χ0) is 12.8. The van der Waals surface area contributed by atoms with Gasteiger partial charge >= 0.3 is 0 Å². The summed E-state index contributed by atoms with van der Waals surface area (Å²) in [6.07, 6.45) is 4.79. The van der Waals surface area contributed by atoms with Gasteiger partial charge in [0.05, 0.1) is 6.61 Å². The van der Waals surface area contributed by atoms with Crippen molar-refractivity contribution in [2.75, 3.05) is 19.7 Å². The Labute approximate surface area is 121 Å². The van der Waals surface area contributed by atoms with E-state index in [0.29, 0.717) is 6.61 Å². The van der Waals surface area contributed by atoms with Crippen LogP contribution in [-0.4, -0.2) is 30.9 Å². The molecule has 1 aliphatic heterocycles. The number of aldehydes is 1. The molecular weight excluding hydrogens is 262 g/mol. The predicted octanol–water partition coefficient (Wildman–Crippen LogP) is -0.112. The van der Waals surface area contributed by atoms with E-state index in [4.69, 9.17) is 4.74 Å². The summed E-state index contributed by atoms with van der Waals surface area (Å²) in [4.78, 5) is 13.3. The highest BCUT2D eigenvalue weighted by Gasteiger charge is 2.13. The van der Waals surface area contributed by atoms with Crippen LogP contribution in [-0.2, 0) is 6.54 Å². The van der Waals surface area contributed by atoms with Gasteiger partial charge < -0.3 is 17.1 Å². The number of hydrogen-bond donors (Lipinski definition) is 0. The van der Waals surface area contributed by atoms with Crippen LogP contribution in [0, 0.1) is 0 Å². The van der Waals surface area contributed by atoms with Gasteiger partial charge in [-0.05, 0) is 51.1 Å². The van der Waals surface area contributed by atoms with Crippen LogP contribution >= 0.6 is 0 Å². The second kappa shape index (κ2) is 8.18. The van der Waals surface area contributed by atoms with Gasteiger partial charge in [-0.3, -0.25) is 9.69 Å². The normalized spacial score (nSPS) is 15.6. The van der Waals surface area contributed by atoms with E-state index < -0.39 is 0 Å². The number of piperidine rings is 1. The summed E-state index contributed by atoms with van der Waals surface area (Å²) in [6, 6.07) is 5.68. The number of ether oxygens (including phenoxy) is 1. The van der Waals surface area contributed by atoms with Crippen LogP contribution in [0.3, 0.4) is 0 Å². The Morgan fingerprint density at radius 1 is 1.26 bits per heavy atom. The van der Waals surface area contributed by atoms with E-state index >= 15 is 0 Å². The number of rotatable bonds is 5. The SMILES string of the molecule is CCOc1ccc(C=O)cc1CN1CCCCC1.[Cl-]. The number of hydrogen-bond acceptors (Lipinski definition) is 3. The highest BCUT2D eigenvalue weighted by Crippen LogP contribution is 2.23. The van der Waals surface area contributed by atoms with E-state index in [2.05, 4.69) is 4.90 Å². The minimum absolute atomic E-state index is 0. The number of likely N-dealkylation sites (tertiary alicyclic amines) is 1. The van der Waals surface area contributed by atoms with Crippen molar-refractivity contribution in [3.05, 3.63) is 29.3 Å². The van der Waals surface area contributed by atoms with Crippen LogP contribution < -0.4 is 17.1 Å². The second-order valence-corrected chi connectivity index (χ2v) is 4.75. The number of carbonyl (C=O) groups is 1. The minimum Gasteiger partial charge on any atom is -1.00 e. The third kappa shape index (κ3) is 4.51. The van der Waals surface area contributed by atoms with Crippen molar-refractivity contribution in [3.8, 4) is 5.75 Å². The predicted molar refractivity (Wildman–Crippen MR) is 72.1 cm³/mol. The fourth-order valence-corrected chi connectivity index (χ4v) is 2.45. The maximum Gasteiger partial charge on any atom is 0.150 e. The molecule has 0 unspecified atom stereocenters. The minimum atomic E-state index is 0. The maximum atomic E-state index is 10.9. The van der Waals surface area contributed by atoms with Gasteiger partial charge in [-0.2, -0.15) is 0 Å². The Balaban J connectivity index is 0.00000180. The monoisotopic (exact) mass is 282 g/mol. The van der Waals surface area contributed by atoms with Crippen LogP contribution in [0.25, 0.3) is 0 Å². The summed E-state index contributed by atoms with van der Waals surface area (Å²) in [6.45, 7) is 5.83. The first-order valence-corrected chi connectivity index (χ1v) is 6.76. The standard InChI is InChI=1S/C15H21NO2.ClH/c1-2-18-15-7-6-13(12-17)10-14(15)11-16-8-4-3-5-9-16;/h6-7,10,12H,2-5,8-9,11H2,1H3;1H/p-1. The van der Waals surface area contributed by atoms with E-state index in [1.54, 1.807) is 0 Å². The van der Waals surface area contributed by atoms with E-state index in [0.717, 1.165) is 42.8 Å². The molecule has 106 valence electrons. The Morgan fingerprint density at radius 3 is 2.63 bits per heavy atom. The molecule has 0 radical (unpaired) electrons. The molecule has 4 heteroatoms. The lowest BCUT2D eigenvalue weighted by Crippen LogP contribution is -3.00. The van der Waals surface area contributed by atoms with Crippen molar-refractivity contribution in [2.24, 2.45) is 0 Å². The third-order valence-electron chi connectivity index (χ3n) is 3.36. The quantitative estimate of drug-likeness (QED) is 0.706. The molecule has 0 aromatic heterocycles. The molecule has 0 spiro atoms. The number of benzene rings is 1. The highest BCUT2D eigenvalue weighted by molar-refractivity contribution is 5.75. The molecule has 19 heavy (non-hydrogen) atoms. The fourth-order valence-electron chi connectivity index (χ4n) is 2.45. The molecule has 1 aromatic carbocycles. The van der Waals surface area contributed by atoms with Crippen molar-refractivity contribution in [1.29, 1.82) is 0 Å². The van der Waals surface area contributed by atoms with Crippen molar-refractivity contribution >= 4 is 6.29 Å². The Morgan fingerprint density at radius 2 is 2.00 bits per heavy atom. The molecule has 1 heterocycles. The van der Waals surface area contributed by atoms with Crippen LogP contribution in [0.4, 0.5) is 0 Å². The first kappa shape index (κ1) is 16.0. The van der Waals surface area contributed by atoms with Gasteiger partial charge in [0.1, 0.15) is 12.0 Å². The van der Waals surface area contributed by atoms with Gasteiger partial charge in [0.2, 0.25) is 0 Å².